The van der Waals surface area contributed by atoms with Crippen molar-refractivity contribution >= 4 is 17.7 Å². The van der Waals surface area contributed by atoms with Gasteiger partial charge in [0.25, 0.3) is 0 Å². The summed E-state index contributed by atoms with van der Waals surface area (Å²) in [7, 11) is 1.20. The Hall–Kier alpha value is -2.38. The highest BCUT2D eigenvalue weighted by atomic mass is 19.4. The fourth-order valence-electron chi connectivity index (χ4n) is 3.06. The molecule has 0 heterocycles. The topological polar surface area (TPSA) is 72.5 Å². The van der Waals surface area contributed by atoms with Crippen molar-refractivity contribution in [3.8, 4) is 0 Å². The Morgan fingerprint density at radius 2 is 1.92 bits per heavy atom. The van der Waals surface area contributed by atoms with Crippen LogP contribution in [-0.4, -0.2) is 30.8 Å². The monoisotopic (exact) mass is 371 g/mol. The summed E-state index contributed by atoms with van der Waals surface area (Å²) in [4.78, 5) is 35.8. The van der Waals surface area contributed by atoms with Gasteiger partial charge in [-0.05, 0) is 36.5 Å². The van der Waals surface area contributed by atoms with E-state index in [-0.39, 0.29) is 24.5 Å². The van der Waals surface area contributed by atoms with E-state index in [0.717, 1.165) is 12.1 Å². The summed E-state index contributed by atoms with van der Waals surface area (Å²) >= 11 is 0. The van der Waals surface area contributed by atoms with E-state index in [0.29, 0.717) is 24.8 Å². The Balaban J connectivity index is 2.02. The molecule has 5 nitrogen and oxygen atoms in total. The van der Waals surface area contributed by atoms with Gasteiger partial charge in [-0.2, -0.15) is 13.2 Å². The number of carbonyl (C=O) groups excluding carboxylic acids is 3. The first-order chi connectivity index (χ1) is 12.2. The van der Waals surface area contributed by atoms with Gasteiger partial charge in [0.05, 0.1) is 19.1 Å². The van der Waals surface area contributed by atoms with Crippen molar-refractivity contribution in [2.75, 3.05) is 7.11 Å². The number of rotatable bonds is 5. The molecule has 1 aromatic rings. The first-order valence-electron chi connectivity index (χ1n) is 8.25. The van der Waals surface area contributed by atoms with Gasteiger partial charge < -0.3 is 10.1 Å². The number of halogens is 3. The molecular formula is C18H20F3NO4. The number of nitrogens with one attached hydrogen (secondary N) is 1. The van der Waals surface area contributed by atoms with Crippen LogP contribution in [0.25, 0.3) is 0 Å². The molecule has 1 aliphatic rings. The molecule has 0 radical (unpaired) electrons. The van der Waals surface area contributed by atoms with Crippen molar-refractivity contribution in [3.05, 3.63) is 35.4 Å². The van der Waals surface area contributed by atoms with Gasteiger partial charge in [0.2, 0.25) is 5.91 Å². The molecule has 1 amide bonds. The molecule has 1 aromatic carbocycles. The van der Waals surface area contributed by atoms with Crippen LogP contribution in [-0.2, 0) is 31.7 Å². The third-order valence-corrected chi connectivity index (χ3v) is 4.41. The number of methoxy groups -OCH3 is 1. The molecule has 26 heavy (non-hydrogen) atoms. The highest BCUT2D eigenvalue weighted by Gasteiger charge is 2.34. The zero-order valence-corrected chi connectivity index (χ0v) is 14.3. The molecule has 8 heteroatoms. The second-order valence-corrected chi connectivity index (χ2v) is 6.33. The second kappa shape index (κ2) is 8.33. The molecular weight excluding hydrogens is 351 g/mol. The third-order valence-electron chi connectivity index (χ3n) is 4.41. The van der Waals surface area contributed by atoms with Crippen LogP contribution in [0, 0.1) is 5.92 Å². The minimum Gasteiger partial charge on any atom is -0.467 e. The maximum absolute atomic E-state index is 12.6. The zero-order chi connectivity index (χ0) is 19.3. The van der Waals surface area contributed by atoms with E-state index < -0.39 is 29.7 Å². The lowest BCUT2D eigenvalue weighted by Crippen LogP contribution is -2.48. The quantitative estimate of drug-likeness (QED) is 0.808. The van der Waals surface area contributed by atoms with Gasteiger partial charge >= 0.3 is 12.1 Å². The predicted molar refractivity (Wildman–Crippen MR) is 86.1 cm³/mol. The maximum atomic E-state index is 12.6. The highest BCUT2D eigenvalue weighted by molar-refractivity contribution is 5.87. The smallest absolute Gasteiger partial charge is 0.416 e. The molecule has 1 N–H and O–H groups in total. The summed E-state index contributed by atoms with van der Waals surface area (Å²) in [5.41, 5.74) is -0.409. The van der Waals surface area contributed by atoms with Gasteiger partial charge in [0.1, 0.15) is 11.8 Å². The molecule has 0 bridgehead atoms. The van der Waals surface area contributed by atoms with E-state index in [1.807, 2.05) is 0 Å². The number of ether oxygens (including phenoxy) is 1. The normalized spacial score (nSPS) is 18.9. The lowest BCUT2D eigenvalue weighted by Gasteiger charge is -2.28. The van der Waals surface area contributed by atoms with Gasteiger partial charge in [0.15, 0.2) is 0 Å². The van der Waals surface area contributed by atoms with Crippen LogP contribution in [0.5, 0.6) is 0 Å². The van der Waals surface area contributed by atoms with E-state index in [1.165, 1.54) is 19.2 Å². The number of hydrogen-bond donors (Lipinski definition) is 1. The number of hydrogen-bond acceptors (Lipinski definition) is 4. The largest absolute Gasteiger partial charge is 0.467 e. The summed E-state index contributed by atoms with van der Waals surface area (Å²) in [6.45, 7) is 0. The van der Waals surface area contributed by atoms with Gasteiger partial charge in [-0.25, -0.2) is 4.79 Å². The molecule has 0 aliphatic heterocycles. The number of benzene rings is 1. The maximum Gasteiger partial charge on any atom is 0.416 e. The van der Waals surface area contributed by atoms with E-state index >= 15 is 0 Å². The van der Waals surface area contributed by atoms with Crippen molar-refractivity contribution < 1.29 is 32.3 Å². The Labute approximate surface area is 148 Å². The highest BCUT2D eigenvalue weighted by Crippen LogP contribution is 2.29. The number of amides is 1. The standard InChI is InChI=1S/C18H20F3NO4/c1-26-17(25)16(12-3-2-4-14(23)10-12)22-15(24)9-11-5-7-13(8-6-11)18(19,20)21/h5-8,12,16H,2-4,9-10H2,1H3,(H,22,24)/t12-,16+/m1/s1. The molecule has 1 saturated carbocycles. The van der Waals surface area contributed by atoms with Crippen molar-refractivity contribution in [1.82, 2.24) is 5.32 Å². The number of ketones is 1. The summed E-state index contributed by atoms with van der Waals surface area (Å²) in [5, 5.41) is 2.56. The Morgan fingerprint density at radius 1 is 1.27 bits per heavy atom. The molecule has 1 aliphatic carbocycles. The number of esters is 1. The first kappa shape index (κ1) is 19.9. The Kier molecular flexibility index (Phi) is 6.39. The first-order valence-corrected chi connectivity index (χ1v) is 8.25. The number of carbonyl (C=O) groups is 3. The predicted octanol–water partition coefficient (Wildman–Crippen LogP) is 2.67. The molecule has 2 rings (SSSR count). The van der Waals surface area contributed by atoms with Gasteiger partial charge in [-0.1, -0.05) is 12.1 Å². The number of Topliss-reactive ketones (excluding diaryl/α,β-unsaturated/α-hetero) is 1. The SMILES string of the molecule is COC(=O)[C@@H](NC(=O)Cc1ccc(C(F)(F)F)cc1)[C@@H]1CCCC(=O)C1. The lowest BCUT2D eigenvalue weighted by atomic mass is 9.83. The molecule has 0 aromatic heterocycles. The minimum atomic E-state index is -4.44. The summed E-state index contributed by atoms with van der Waals surface area (Å²) in [5.74, 6) is -1.45. The van der Waals surface area contributed by atoms with Gasteiger partial charge in [-0.3, -0.25) is 9.59 Å². The zero-order valence-electron chi connectivity index (χ0n) is 14.3. The van der Waals surface area contributed by atoms with E-state index in [9.17, 15) is 27.6 Å². The van der Waals surface area contributed by atoms with Crippen molar-refractivity contribution in [3.63, 3.8) is 0 Å². The second-order valence-electron chi connectivity index (χ2n) is 6.33. The van der Waals surface area contributed by atoms with Crippen LogP contribution in [0.1, 0.15) is 36.8 Å². The molecule has 0 unspecified atom stereocenters. The Morgan fingerprint density at radius 3 is 2.46 bits per heavy atom. The lowest BCUT2D eigenvalue weighted by molar-refractivity contribution is -0.147. The van der Waals surface area contributed by atoms with Crippen molar-refractivity contribution in [2.24, 2.45) is 5.92 Å². The molecule has 0 spiro atoms. The minimum absolute atomic E-state index is 0.0344. The average Bonchev–Trinajstić information content (AvgIpc) is 2.58. The molecule has 0 saturated heterocycles. The average molecular weight is 371 g/mol. The fourth-order valence-corrected chi connectivity index (χ4v) is 3.06. The molecule has 142 valence electrons. The van der Waals surface area contributed by atoms with Crippen molar-refractivity contribution in [2.45, 2.75) is 44.3 Å². The van der Waals surface area contributed by atoms with Crippen LogP contribution in [0.3, 0.4) is 0 Å². The van der Waals surface area contributed by atoms with Crippen LogP contribution >= 0.6 is 0 Å². The summed E-state index contributed by atoms with van der Waals surface area (Å²) in [6.07, 6.45) is -2.70. The van der Waals surface area contributed by atoms with Gasteiger partial charge in [-0.15, -0.1) is 0 Å². The Bertz CT molecular complexity index is 670. The third kappa shape index (κ3) is 5.31. The number of alkyl halides is 3. The van der Waals surface area contributed by atoms with Crippen LogP contribution in [0.4, 0.5) is 13.2 Å². The van der Waals surface area contributed by atoms with E-state index in [4.69, 9.17) is 4.74 Å². The fraction of sp³-hybridized carbons (Fsp3) is 0.500. The molecule has 1 fully saturated rings. The summed E-state index contributed by atoms with van der Waals surface area (Å²) < 4.78 is 42.4. The molecule has 2 atom stereocenters. The van der Waals surface area contributed by atoms with E-state index in [1.54, 1.807) is 0 Å². The summed E-state index contributed by atoms with van der Waals surface area (Å²) in [6, 6.07) is 3.31. The van der Waals surface area contributed by atoms with Crippen LogP contribution < -0.4 is 5.32 Å². The van der Waals surface area contributed by atoms with Gasteiger partial charge in [0, 0.05) is 12.8 Å². The van der Waals surface area contributed by atoms with Crippen LogP contribution in [0.2, 0.25) is 0 Å². The van der Waals surface area contributed by atoms with Crippen LogP contribution in [0.15, 0.2) is 24.3 Å². The van der Waals surface area contributed by atoms with Crippen molar-refractivity contribution in [1.29, 1.82) is 0 Å². The van der Waals surface area contributed by atoms with E-state index in [2.05, 4.69) is 5.32 Å².